The zero-order chi connectivity index (χ0) is 21.8. The minimum Gasteiger partial charge on any atom is -0.463 e. The van der Waals surface area contributed by atoms with Gasteiger partial charge in [-0.15, -0.1) is 5.92 Å². The third-order valence-electron chi connectivity index (χ3n) is 4.88. The van der Waals surface area contributed by atoms with Crippen molar-refractivity contribution in [1.29, 1.82) is 0 Å². The number of esters is 1. The van der Waals surface area contributed by atoms with Gasteiger partial charge in [0.2, 0.25) is 5.91 Å². The molecule has 0 aliphatic carbocycles. The van der Waals surface area contributed by atoms with E-state index < -0.39 is 6.10 Å². The number of likely N-dealkylation sites (tertiary alicyclic amines) is 1. The summed E-state index contributed by atoms with van der Waals surface area (Å²) >= 11 is 0. The molecule has 0 bridgehead atoms. The van der Waals surface area contributed by atoms with Crippen molar-refractivity contribution >= 4 is 11.9 Å². The highest BCUT2D eigenvalue weighted by Crippen LogP contribution is 2.19. The molecule has 2 rings (SSSR count). The molecule has 0 aromatic heterocycles. The SMILES string of the molecule is CC(C)OC(=O)CCCC#CCN1C(=O)CCCC1/C=C/[C@H](O)Cc1ccccc1. The van der Waals surface area contributed by atoms with Crippen molar-refractivity contribution in [2.45, 2.75) is 77.0 Å². The van der Waals surface area contributed by atoms with E-state index in [2.05, 4.69) is 11.8 Å². The summed E-state index contributed by atoms with van der Waals surface area (Å²) < 4.78 is 5.10. The Morgan fingerprint density at radius 2 is 2.07 bits per heavy atom. The summed E-state index contributed by atoms with van der Waals surface area (Å²) in [5, 5.41) is 10.3. The molecular weight excluding hydrogens is 378 g/mol. The average Bonchev–Trinajstić information content (AvgIpc) is 2.70. The van der Waals surface area contributed by atoms with E-state index in [0.29, 0.717) is 38.6 Å². The number of aliphatic hydroxyl groups excluding tert-OH is 1. The lowest BCUT2D eigenvalue weighted by Gasteiger charge is -2.32. The highest BCUT2D eigenvalue weighted by molar-refractivity contribution is 5.78. The van der Waals surface area contributed by atoms with Gasteiger partial charge in [0.05, 0.1) is 24.8 Å². The normalized spacial score (nSPS) is 17.7. The van der Waals surface area contributed by atoms with Crippen LogP contribution in [-0.4, -0.2) is 46.7 Å². The smallest absolute Gasteiger partial charge is 0.306 e. The summed E-state index contributed by atoms with van der Waals surface area (Å²) in [7, 11) is 0. The molecular formula is C25H33NO4. The largest absolute Gasteiger partial charge is 0.463 e. The van der Waals surface area contributed by atoms with Crippen molar-refractivity contribution in [3.05, 3.63) is 48.0 Å². The van der Waals surface area contributed by atoms with Gasteiger partial charge in [-0.1, -0.05) is 48.4 Å². The maximum atomic E-state index is 12.4. The zero-order valence-corrected chi connectivity index (χ0v) is 18.0. The zero-order valence-electron chi connectivity index (χ0n) is 18.0. The van der Waals surface area contributed by atoms with E-state index >= 15 is 0 Å². The van der Waals surface area contributed by atoms with Crippen LogP contribution >= 0.6 is 0 Å². The molecule has 30 heavy (non-hydrogen) atoms. The standard InChI is InChI=1S/C25H33NO4/c1-20(2)30-25(29)15-8-3-4-9-18-26-22(13-10-14-24(26)28)16-17-23(27)19-21-11-6-5-7-12-21/h5-7,11-12,16-17,20,22-23,27H,3,8,10,13-15,18-19H2,1-2H3/b17-16+/t22?,23-/m0/s1. The van der Waals surface area contributed by atoms with Gasteiger partial charge in [0, 0.05) is 25.7 Å². The Balaban J connectivity index is 1.81. The van der Waals surface area contributed by atoms with Crippen molar-refractivity contribution < 1.29 is 19.4 Å². The fourth-order valence-electron chi connectivity index (χ4n) is 3.40. The van der Waals surface area contributed by atoms with Crippen LogP contribution < -0.4 is 0 Å². The van der Waals surface area contributed by atoms with Gasteiger partial charge < -0.3 is 14.7 Å². The lowest BCUT2D eigenvalue weighted by atomic mass is 9.99. The Bertz CT molecular complexity index is 760. The Kier molecular flexibility index (Phi) is 10.2. The van der Waals surface area contributed by atoms with E-state index in [4.69, 9.17) is 4.74 Å². The van der Waals surface area contributed by atoms with Crippen molar-refractivity contribution in [3.8, 4) is 11.8 Å². The first-order valence-electron chi connectivity index (χ1n) is 10.8. The third-order valence-corrected chi connectivity index (χ3v) is 4.88. The molecule has 1 aliphatic rings. The lowest BCUT2D eigenvalue weighted by Crippen LogP contribution is -2.42. The first-order valence-corrected chi connectivity index (χ1v) is 10.8. The highest BCUT2D eigenvalue weighted by atomic mass is 16.5. The summed E-state index contributed by atoms with van der Waals surface area (Å²) in [5.74, 6) is 6.02. The van der Waals surface area contributed by atoms with Crippen LogP contribution in [0.1, 0.15) is 57.9 Å². The highest BCUT2D eigenvalue weighted by Gasteiger charge is 2.25. The van der Waals surface area contributed by atoms with Crippen molar-refractivity contribution in [3.63, 3.8) is 0 Å². The summed E-state index contributed by atoms with van der Waals surface area (Å²) in [6, 6.07) is 9.82. The van der Waals surface area contributed by atoms with Crippen molar-refractivity contribution in [2.75, 3.05) is 6.54 Å². The molecule has 0 radical (unpaired) electrons. The lowest BCUT2D eigenvalue weighted by molar-refractivity contribution is -0.147. The first-order chi connectivity index (χ1) is 14.5. The topological polar surface area (TPSA) is 66.8 Å². The van der Waals surface area contributed by atoms with Gasteiger partial charge in [-0.05, 0) is 38.7 Å². The third kappa shape index (κ3) is 8.84. The second kappa shape index (κ2) is 12.9. The maximum absolute atomic E-state index is 12.4. The van der Waals surface area contributed by atoms with Crippen LogP contribution in [0.15, 0.2) is 42.5 Å². The second-order valence-electron chi connectivity index (χ2n) is 7.87. The van der Waals surface area contributed by atoms with Crippen LogP contribution in [0.2, 0.25) is 0 Å². The van der Waals surface area contributed by atoms with Crippen LogP contribution in [0.4, 0.5) is 0 Å². The van der Waals surface area contributed by atoms with Gasteiger partial charge >= 0.3 is 5.97 Å². The summed E-state index contributed by atoms with van der Waals surface area (Å²) in [6.07, 6.45) is 7.50. The molecule has 1 aromatic carbocycles. The van der Waals surface area contributed by atoms with Gasteiger partial charge in [0.25, 0.3) is 0 Å². The predicted octanol–water partition coefficient (Wildman–Crippen LogP) is 3.65. The number of hydrogen-bond donors (Lipinski definition) is 1. The van der Waals surface area contributed by atoms with E-state index in [-0.39, 0.29) is 24.0 Å². The van der Waals surface area contributed by atoms with E-state index in [9.17, 15) is 14.7 Å². The molecule has 1 aromatic rings. The number of aliphatic hydroxyl groups is 1. The number of ether oxygens (including phenoxy) is 1. The second-order valence-corrected chi connectivity index (χ2v) is 7.87. The monoisotopic (exact) mass is 411 g/mol. The molecule has 1 heterocycles. The van der Waals surface area contributed by atoms with E-state index in [1.54, 1.807) is 11.0 Å². The summed E-state index contributed by atoms with van der Waals surface area (Å²) in [6.45, 7) is 4.04. The molecule has 1 N–H and O–H groups in total. The first kappa shape index (κ1) is 23.7. The van der Waals surface area contributed by atoms with Gasteiger partial charge in [0.15, 0.2) is 0 Å². The Labute approximate surface area is 180 Å². The van der Waals surface area contributed by atoms with Gasteiger partial charge in [-0.2, -0.15) is 0 Å². The quantitative estimate of drug-likeness (QED) is 0.292. The fraction of sp³-hybridized carbons (Fsp3) is 0.520. The molecule has 5 heteroatoms. The molecule has 0 saturated carbocycles. The van der Waals surface area contributed by atoms with Gasteiger partial charge in [0.1, 0.15) is 0 Å². The molecule has 1 aliphatic heterocycles. The van der Waals surface area contributed by atoms with Crippen LogP contribution in [0.5, 0.6) is 0 Å². The molecule has 0 spiro atoms. The van der Waals surface area contributed by atoms with Crippen LogP contribution in [0.25, 0.3) is 0 Å². The van der Waals surface area contributed by atoms with E-state index in [1.165, 1.54) is 0 Å². The summed E-state index contributed by atoms with van der Waals surface area (Å²) in [5.41, 5.74) is 1.08. The molecule has 1 fully saturated rings. The number of carbonyl (C=O) groups is 2. The van der Waals surface area contributed by atoms with Gasteiger partial charge in [-0.25, -0.2) is 0 Å². The van der Waals surface area contributed by atoms with E-state index in [1.807, 2.05) is 50.3 Å². The minimum atomic E-state index is -0.581. The Morgan fingerprint density at radius 1 is 1.30 bits per heavy atom. The van der Waals surface area contributed by atoms with Gasteiger partial charge in [-0.3, -0.25) is 9.59 Å². The number of benzene rings is 1. The summed E-state index contributed by atoms with van der Waals surface area (Å²) in [4.78, 5) is 25.7. The fourth-order valence-corrected chi connectivity index (χ4v) is 3.40. The predicted molar refractivity (Wildman–Crippen MR) is 117 cm³/mol. The van der Waals surface area contributed by atoms with Crippen LogP contribution in [0.3, 0.4) is 0 Å². The number of piperidine rings is 1. The van der Waals surface area contributed by atoms with Crippen LogP contribution in [0, 0.1) is 11.8 Å². The molecule has 162 valence electrons. The number of unbranched alkanes of at least 4 members (excludes halogenated alkanes) is 1. The number of hydrogen-bond acceptors (Lipinski definition) is 4. The van der Waals surface area contributed by atoms with E-state index in [0.717, 1.165) is 18.4 Å². The number of rotatable bonds is 9. The minimum absolute atomic E-state index is 0.0352. The van der Waals surface area contributed by atoms with Crippen molar-refractivity contribution in [1.82, 2.24) is 4.90 Å². The number of carbonyl (C=O) groups excluding carboxylic acids is 2. The van der Waals surface area contributed by atoms with Crippen LogP contribution in [-0.2, 0) is 20.7 Å². The number of amides is 1. The molecule has 2 atom stereocenters. The maximum Gasteiger partial charge on any atom is 0.306 e. The average molecular weight is 412 g/mol. The molecule has 1 saturated heterocycles. The molecule has 5 nitrogen and oxygen atoms in total. The molecule has 1 unspecified atom stereocenters. The molecule has 1 amide bonds. The Hall–Kier alpha value is -2.58. The van der Waals surface area contributed by atoms with Crippen molar-refractivity contribution in [2.24, 2.45) is 0 Å². The number of nitrogens with zero attached hydrogens (tertiary/aromatic N) is 1. The Morgan fingerprint density at radius 3 is 2.80 bits per heavy atom.